The van der Waals surface area contributed by atoms with Crippen LogP contribution in [-0.4, -0.2) is 0 Å². The lowest BCUT2D eigenvalue weighted by atomic mass is 9.97. The predicted octanol–water partition coefficient (Wildman–Crippen LogP) is 1.95. The van der Waals surface area contributed by atoms with E-state index in [0.29, 0.717) is 0 Å². The van der Waals surface area contributed by atoms with E-state index in [2.05, 4.69) is 17.9 Å². The third kappa shape index (κ3) is 3.62. The molecule has 1 heteroatoms. The van der Waals surface area contributed by atoms with Gasteiger partial charge >= 0.3 is 0 Å². The third-order valence-corrected chi connectivity index (χ3v) is 0.857. The van der Waals surface area contributed by atoms with Crippen molar-refractivity contribution in [2.45, 2.75) is 27.2 Å². The normalized spacial score (nSPS) is 9.11. The lowest BCUT2D eigenvalue weighted by molar-refractivity contribution is 0.673. The molecule has 0 rings (SSSR count). The van der Waals surface area contributed by atoms with Crippen LogP contribution in [0.2, 0.25) is 0 Å². The van der Waals surface area contributed by atoms with Crippen molar-refractivity contribution in [3.8, 4) is 17.9 Å². The fourth-order valence-electron chi connectivity index (χ4n) is 0.337. The molecular formula is C8H11N. The summed E-state index contributed by atoms with van der Waals surface area (Å²) in [4.78, 5) is 0. The number of hydrogen-bond donors (Lipinski definition) is 0. The molecule has 48 valence electrons. The van der Waals surface area contributed by atoms with Crippen LogP contribution < -0.4 is 0 Å². The van der Waals surface area contributed by atoms with E-state index in [-0.39, 0.29) is 0 Å². The first-order valence-corrected chi connectivity index (χ1v) is 3.03. The minimum Gasteiger partial charge on any atom is -0.197 e. The molecule has 0 aliphatic heterocycles. The van der Waals surface area contributed by atoms with Gasteiger partial charge in [0.1, 0.15) is 5.41 Å². The molecule has 0 aromatic heterocycles. The van der Waals surface area contributed by atoms with Gasteiger partial charge < -0.3 is 0 Å². The summed E-state index contributed by atoms with van der Waals surface area (Å²) < 4.78 is 0. The van der Waals surface area contributed by atoms with Crippen LogP contribution in [0.3, 0.4) is 0 Å². The summed E-state index contributed by atoms with van der Waals surface area (Å²) in [6.45, 7) is 5.60. The van der Waals surface area contributed by atoms with Gasteiger partial charge in [-0.3, -0.25) is 0 Å². The van der Waals surface area contributed by atoms with Crippen molar-refractivity contribution in [3.63, 3.8) is 0 Å². The molecule has 0 atom stereocenters. The molecule has 1 nitrogen and oxygen atoms in total. The van der Waals surface area contributed by atoms with Crippen LogP contribution in [0.25, 0.3) is 0 Å². The number of rotatable bonds is 0. The largest absolute Gasteiger partial charge is 0.197 e. The van der Waals surface area contributed by atoms with E-state index in [0.717, 1.165) is 6.42 Å². The first-order valence-electron chi connectivity index (χ1n) is 3.03. The van der Waals surface area contributed by atoms with Crippen LogP contribution in [0.4, 0.5) is 0 Å². The fourth-order valence-corrected chi connectivity index (χ4v) is 0.337. The highest BCUT2D eigenvalue weighted by atomic mass is 14.3. The molecule has 0 aliphatic rings. The quantitative estimate of drug-likeness (QED) is 0.449. The number of nitrogens with zero attached hydrogens (tertiary/aromatic N) is 1. The maximum absolute atomic E-state index is 8.47. The van der Waals surface area contributed by atoms with E-state index in [1.54, 1.807) is 0 Å². The monoisotopic (exact) mass is 121 g/mol. The zero-order valence-corrected chi connectivity index (χ0v) is 6.15. The van der Waals surface area contributed by atoms with Crippen LogP contribution in [0.15, 0.2) is 0 Å². The first-order chi connectivity index (χ1) is 4.12. The Morgan fingerprint density at radius 2 is 2.00 bits per heavy atom. The highest BCUT2D eigenvalue weighted by Crippen LogP contribution is 2.09. The Hall–Kier alpha value is -0.950. The van der Waals surface area contributed by atoms with Crippen molar-refractivity contribution in [1.82, 2.24) is 0 Å². The van der Waals surface area contributed by atoms with Crippen molar-refractivity contribution < 1.29 is 0 Å². The molecule has 0 radical (unpaired) electrons. The van der Waals surface area contributed by atoms with Gasteiger partial charge in [-0.05, 0) is 13.8 Å². The highest BCUT2D eigenvalue weighted by molar-refractivity contribution is 5.17. The molecule has 0 bridgehead atoms. The molecule has 0 saturated carbocycles. The van der Waals surface area contributed by atoms with E-state index in [1.165, 1.54) is 0 Å². The van der Waals surface area contributed by atoms with E-state index >= 15 is 0 Å². The molecule has 0 aromatic rings. The summed E-state index contributed by atoms with van der Waals surface area (Å²) in [6.07, 6.45) is 0.825. The summed E-state index contributed by atoms with van der Waals surface area (Å²) in [5, 5.41) is 8.47. The van der Waals surface area contributed by atoms with Gasteiger partial charge in [-0.25, -0.2) is 0 Å². The first kappa shape index (κ1) is 8.05. The molecular weight excluding hydrogens is 110 g/mol. The molecule has 0 unspecified atom stereocenters. The van der Waals surface area contributed by atoms with Gasteiger partial charge in [0.15, 0.2) is 0 Å². The standard InChI is InChI=1S/C8H11N/c1-4-5-6-8(2,3)7-9/h4H2,1-3H3. The van der Waals surface area contributed by atoms with E-state index in [1.807, 2.05) is 20.8 Å². The van der Waals surface area contributed by atoms with Crippen molar-refractivity contribution in [3.05, 3.63) is 0 Å². The van der Waals surface area contributed by atoms with Gasteiger partial charge in [0.05, 0.1) is 6.07 Å². The second-order valence-electron chi connectivity index (χ2n) is 2.39. The minimum atomic E-state index is -0.462. The Balaban J connectivity index is 4.05. The molecule has 9 heavy (non-hydrogen) atoms. The number of nitriles is 1. The van der Waals surface area contributed by atoms with Crippen molar-refractivity contribution in [1.29, 1.82) is 5.26 Å². The van der Waals surface area contributed by atoms with Gasteiger partial charge in [-0.2, -0.15) is 5.26 Å². The molecule has 0 amide bonds. The molecule has 0 aliphatic carbocycles. The van der Waals surface area contributed by atoms with Crippen LogP contribution in [0, 0.1) is 28.6 Å². The summed E-state index contributed by atoms with van der Waals surface area (Å²) >= 11 is 0. The molecule has 0 spiro atoms. The summed E-state index contributed by atoms with van der Waals surface area (Å²) in [7, 11) is 0. The van der Waals surface area contributed by atoms with Crippen molar-refractivity contribution in [2.75, 3.05) is 0 Å². The SMILES string of the molecule is CCC#CC(C)(C)C#N. The molecule has 0 saturated heterocycles. The van der Waals surface area contributed by atoms with Crippen molar-refractivity contribution in [2.24, 2.45) is 5.41 Å². The van der Waals surface area contributed by atoms with E-state index in [9.17, 15) is 0 Å². The lowest BCUT2D eigenvalue weighted by Gasteiger charge is -2.02. The zero-order valence-electron chi connectivity index (χ0n) is 6.15. The van der Waals surface area contributed by atoms with Gasteiger partial charge in [0.25, 0.3) is 0 Å². The fraction of sp³-hybridized carbons (Fsp3) is 0.625. The number of hydrogen-bond acceptors (Lipinski definition) is 1. The average molecular weight is 121 g/mol. The smallest absolute Gasteiger partial charge is 0.112 e. The van der Waals surface area contributed by atoms with Crippen LogP contribution in [0.5, 0.6) is 0 Å². The summed E-state index contributed by atoms with van der Waals surface area (Å²) in [5.74, 6) is 5.71. The highest BCUT2D eigenvalue weighted by Gasteiger charge is 2.10. The van der Waals surface area contributed by atoms with Gasteiger partial charge in [-0.15, -0.1) is 5.92 Å². The topological polar surface area (TPSA) is 23.8 Å². The summed E-state index contributed by atoms with van der Waals surface area (Å²) in [5.41, 5.74) is -0.462. The lowest BCUT2D eigenvalue weighted by Crippen LogP contribution is -2.02. The molecule has 0 heterocycles. The Bertz CT molecular complexity index is 173. The maximum Gasteiger partial charge on any atom is 0.112 e. The molecule has 0 aromatic carbocycles. The average Bonchev–Trinajstić information content (AvgIpc) is 1.84. The van der Waals surface area contributed by atoms with E-state index < -0.39 is 5.41 Å². The minimum absolute atomic E-state index is 0.462. The Morgan fingerprint density at radius 1 is 1.44 bits per heavy atom. The van der Waals surface area contributed by atoms with Crippen LogP contribution in [0.1, 0.15) is 27.2 Å². The summed E-state index contributed by atoms with van der Waals surface area (Å²) in [6, 6.07) is 2.10. The van der Waals surface area contributed by atoms with Gasteiger partial charge in [0, 0.05) is 6.42 Å². The molecule has 0 N–H and O–H groups in total. The van der Waals surface area contributed by atoms with Crippen LogP contribution in [-0.2, 0) is 0 Å². The third-order valence-electron chi connectivity index (χ3n) is 0.857. The maximum atomic E-state index is 8.47. The zero-order chi connectivity index (χ0) is 7.33. The van der Waals surface area contributed by atoms with Gasteiger partial charge in [-0.1, -0.05) is 12.8 Å². The Labute approximate surface area is 56.7 Å². The Morgan fingerprint density at radius 3 is 2.33 bits per heavy atom. The predicted molar refractivity (Wildman–Crippen MR) is 37.5 cm³/mol. The molecule has 0 fully saturated rings. The Kier molecular flexibility index (Phi) is 2.82. The van der Waals surface area contributed by atoms with Crippen molar-refractivity contribution >= 4 is 0 Å². The van der Waals surface area contributed by atoms with Crippen LogP contribution >= 0.6 is 0 Å². The van der Waals surface area contributed by atoms with E-state index in [4.69, 9.17) is 5.26 Å². The second-order valence-corrected chi connectivity index (χ2v) is 2.39. The second kappa shape index (κ2) is 3.15. The van der Waals surface area contributed by atoms with Gasteiger partial charge in [0.2, 0.25) is 0 Å².